The highest BCUT2D eigenvalue weighted by atomic mass is 32.2. The van der Waals surface area contributed by atoms with Gasteiger partial charge in [-0.25, -0.2) is 9.67 Å². The second-order valence-electron chi connectivity index (χ2n) is 6.85. The summed E-state index contributed by atoms with van der Waals surface area (Å²) in [6.45, 7) is 2.03. The minimum Gasteiger partial charge on any atom is -0.419 e. The standard InChI is InChI=1S/C21H19N5OS/c1-14(19-23-24-20(27-19)16-8-4-2-5-9-16)28-21-22-18(15-12-13-15)26(25-21)17-10-6-3-7-11-17/h2-11,14-15H,12-13H2,1H3. The lowest BCUT2D eigenvalue weighted by atomic mass is 10.2. The van der Waals surface area contributed by atoms with Gasteiger partial charge in [0, 0.05) is 11.5 Å². The maximum Gasteiger partial charge on any atom is 0.247 e. The largest absolute Gasteiger partial charge is 0.419 e. The zero-order chi connectivity index (χ0) is 18.9. The molecular weight excluding hydrogens is 370 g/mol. The van der Waals surface area contributed by atoms with Gasteiger partial charge in [0.25, 0.3) is 0 Å². The minimum absolute atomic E-state index is 0.0383. The van der Waals surface area contributed by atoms with Gasteiger partial charge in [-0.3, -0.25) is 0 Å². The molecule has 0 spiro atoms. The molecule has 0 amide bonds. The van der Waals surface area contributed by atoms with Gasteiger partial charge in [-0.1, -0.05) is 48.2 Å². The molecule has 1 fully saturated rings. The lowest BCUT2D eigenvalue weighted by Gasteiger charge is -2.04. The van der Waals surface area contributed by atoms with Crippen LogP contribution in [0.1, 0.15) is 42.6 Å². The first-order valence-electron chi connectivity index (χ1n) is 9.36. The number of nitrogens with zero attached hydrogens (tertiary/aromatic N) is 5. The van der Waals surface area contributed by atoms with E-state index in [2.05, 4.69) is 22.3 Å². The second kappa shape index (κ2) is 7.24. The normalized spacial score (nSPS) is 14.9. The Morgan fingerprint density at radius 1 is 1.00 bits per heavy atom. The van der Waals surface area contributed by atoms with Crippen molar-refractivity contribution in [3.63, 3.8) is 0 Å². The van der Waals surface area contributed by atoms with E-state index in [1.54, 1.807) is 11.8 Å². The number of hydrogen-bond acceptors (Lipinski definition) is 6. The van der Waals surface area contributed by atoms with Gasteiger partial charge in [0.2, 0.25) is 16.9 Å². The highest BCUT2D eigenvalue weighted by molar-refractivity contribution is 7.99. The van der Waals surface area contributed by atoms with E-state index < -0.39 is 0 Å². The molecule has 0 aliphatic heterocycles. The maximum absolute atomic E-state index is 5.88. The van der Waals surface area contributed by atoms with Crippen LogP contribution in [-0.2, 0) is 0 Å². The molecule has 2 heterocycles. The zero-order valence-electron chi connectivity index (χ0n) is 15.4. The van der Waals surface area contributed by atoms with Crippen molar-refractivity contribution in [3.8, 4) is 17.1 Å². The Balaban J connectivity index is 1.38. The second-order valence-corrected chi connectivity index (χ2v) is 8.15. The summed E-state index contributed by atoms with van der Waals surface area (Å²) in [5.41, 5.74) is 1.96. The highest BCUT2D eigenvalue weighted by Crippen LogP contribution is 2.41. The molecule has 0 saturated heterocycles. The molecule has 7 heteroatoms. The smallest absolute Gasteiger partial charge is 0.247 e. The van der Waals surface area contributed by atoms with Crippen molar-refractivity contribution in [2.75, 3.05) is 0 Å². The molecule has 0 bridgehead atoms. The summed E-state index contributed by atoms with van der Waals surface area (Å²) in [5, 5.41) is 13.9. The van der Waals surface area contributed by atoms with Crippen LogP contribution < -0.4 is 0 Å². The van der Waals surface area contributed by atoms with Crippen molar-refractivity contribution < 1.29 is 4.42 Å². The number of para-hydroxylation sites is 1. The predicted octanol–water partition coefficient (Wildman–Crippen LogP) is 5.05. The van der Waals surface area contributed by atoms with Crippen molar-refractivity contribution in [3.05, 3.63) is 72.4 Å². The van der Waals surface area contributed by atoms with E-state index in [-0.39, 0.29) is 5.25 Å². The molecule has 140 valence electrons. The van der Waals surface area contributed by atoms with Crippen molar-refractivity contribution >= 4 is 11.8 Å². The van der Waals surface area contributed by atoms with Crippen LogP contribution in [-0.4, -0.2) is 25.0 Å². The monoisotopic (exact) mass is 389 g/mol. The molecule has 2 aromatic heterocycles. The summed E-state index contributed by atoms with van der Waals surface area (Å²) in [6, 6.07) is 20.0. The van der Waals surface area contributed by atoms with E-state index in [1.165, 1.54) is 12.8 Å². The van der Waals surface area contributed by atoms with E-state index in [0.717, 1.165) is 22.2 Å². The van der Waals surface area contributed by atoms with Crippen molar-refractivity contribution in [1.82, 2.24) is 25.0 Å². The molecule has 1 aliphatic rings. The molecule has 0 radical (unpaired) electrons. The summed E-state index contributed by atoms with van der Waals surface area (Å²) in [6.07, 6.45) is 2.35. The zero-order valence-corrected chi connectivity index (χ0v) is 16.2. The Hall–Kier alpha value is -2.93. The Morgan fingerprint density at radius 2 is 1.71 bits per heavy atom. The number of benzene rings is 2. The lowest BCUT2D eigenvalue weighted by molar-refractivity contribution is 0.509. The first kappa shape index (κ1) is 17.2. The fourth-order valence-corrected chi connectivity index (χ4v) is 3.81. The summed E-state index contributed by atoms with van der Waals surface area (Å²) in [5.74, 6) is 2.65. The highest BCUT2D eigenvalue weighted by Gasteiger charge is 2.31. The summed E-state index contributed by atoms with van der Waals surface area (Å²) in [4.78, 5) is 4.80. The van der Waals surface area contributed by atoms with Gasteiger partial charge in [-0.2, -0.15) is 0 Å². The molecule has 5 rings (SSSR count). The van der Waals surface area contributed by atoms with Gasteiger partial charge in [-0.05, 0) is 44.0 Å². The molecule has 1 atom stereocenters. The fraction of sp³-hybridized carbons (Fsp3) is 0.238. The van der Waals surface area contributed by atoms with Crippen molar-refractivity contribution in [1.29, 1.82) is 0 Å². The molecule has 2 aromatic carbocycles. The first-order chi connectivity index (χ1) is 13.8. The van der Waals surface area contributed by atoms with Gasteiger partial charge in [0.15, 0.2) is 0 Å². The summed E-state index contributed by atoms with van der Waals surface area (Å²) < 4.78 is 7.85. The van der Waals surface area contributed by atoms with Crippen LogP contribution in [0.2, 0.25) is 0 Å². The average Bonchev–Trinajstić information content (AvgIpc) is 3.31. The molecule has 0 N–H and O–H groups in total. The Kier molecular flexibility index (Phi) is 4.44. The van der Waals surface area contributed by atoms with Gasteiger partial charge >= 0.3 is 0 Å². The number of rotatable bonds is 6. The molecule has 28 heavy (non-hydrogen) atoms. The van der Waals surface area contributed by atoms with Crippen LogP contribution in [0.4, 0.5) is 0 Å². The SMILES string of the molecule is CC(Sc1nc(C2CC2)n(-c2ccccc2)n1)c1nnc(-c2ccccc2)o1. The molecule has 1 aliphatic carbocycles. The predicted molar refractivity (Wildman–Crippen MR) is 107 cm³/mol. The van der Waals surface area contributed by atoms with Crippen molar-refractivity contribution in [2.45, 2.75) is 36.1 Å². The number of thioether (sulfide) groups is 1. The van der Waals surface area contributed by atoms with E-state index in [4.69, 9.17) is 14.5 Å². The quantitative estimate of drug-likeness (QED) is 0.430. The van der Waals surface area contributed by atoms with Gasteiger partial charge in [0.1, 0.15) is 5.82 Å². The van der Waals surface area contributed by atoms with E-state index in [1.807, 2.05) is 60.1 Å². The first-order valence-corrected chi connectivity index (χ1v) is 10.2. The maximum atomic E-state index is 5.88. The Morgan fingerprint density at radius 3 is 2.43 bits per heavy atom. The van der Waals surface area contributed by atoms with E-state index >= 15 is 0 Å². The third kappa shape index (κ3) is 3.45. The van der Waals surface area contributed by atoms with Gasteiger partial charge < -0.3 is 4.42 Å². The third-order valence-electron chi connectivity index (χ3n) is 4.65. The van der Waals surface area contributed by atoms with Gasteiger partial charge in [-0.15, -0.1) is 15.3 Å². The fourth-order valence-electron chi connectivity index (χ4n) is 3.02. The molecule has 1 unspecified atom stereocenters. The van der Waals surface area contributed by atoms with Crippen LogP contribution in [0.5, 0.6) is 0 Å². The lowest BCUT2D eigenvalue weighted by Crippen LogP contribution is -2.01. The molecule has 4 aromatic rings. The van der Waals surface area contributed by atoms with Crippen LogP contribution in [0.15, 0.2) is 70.2 Å². The number of hydrogen-bond donors (Lipinski definition) is 0. The van der Waals surface area contributed by atoms with Crippen LogP contribution in [0.25, 0.3) is 17.1 Å². The van der Waals surface area contributed by atoms with Crippen LogP contribution in [0.3, 0.4) is 0 Å². The summed E-state index contributed by atoms with van der Waals surface area (Å²) >= 11 is 1.54. The van der Waals surface area contributed by atoms with E-state index in [0.29, 0.717) is 17.7 Å². The molecule has 1 saturated carbocycles. The van der Waals surface area contributed by atoms with Gasteiger partial charge in [0.05, 0.1) is 10.9 Å². The third-order valence-corrected chi connectivity index (χ3v) is 5.59. The van der Waals surface area contributed by atoms with Crippen LogP contribution >= 0.6 is 11.8 Å². The molecular formula is C21H19N5OS. The Labute approximate surface area is 167 Å². The van der Waals surface area contributed by atoms with E-state index in [9.17, 15) is 0 Å². The Bertz CT molecular complexity index is 1070. The summed E-state index contributed by atoms with van der Waals surface area (Å²) in [7, 11) is 0. The topological polar surface area (TPSA) is 69.6 Å². The van der Waals surface area contributed by atoms with Crippen molar-refractivity contribution in [2.24, 2.45) is 0 Å². The van der Waals surface area contributed by atoms with Crippen LogP contribution in [0, 0.1) is 0 Å². The molecule has 6 nitrogen and oxygen atoms in total. The minimum atomic E-state index is -0.0383. The average molecular weight is 389 g/mol. The number of aromatic nitrogens is 5.